The van der Waals surface area contributed by atoms with Crippen LogP contribution in [0.1, 0.15) is 125 Å². The fourth-order valence-corrected chi connectivity index (χ4v) is 5.91. The van der Waals surface area contributed by atoms with Crippen molar-refractivity contribution in [2.24, 2.45) is 5.92 Å². The van der Waals surface area contributed by atoms with Crippen molar-refractivity contribution in [3.05, 3.63) is 70.3 Å². The average Bonchev–Trinajstić information content (AvgIpc) is 2.93. The Morgan fingerprint density at radius 3 is 1.97 bits per heavy atom. The molecule has 2 nitrogen and oxygen atoms in total. The van der Waals surface area contributed by atoms with Gasteiger partial charge in [0.05, 0.1) is 13.2 Å². The van der Waals surface area contributed by atoms with E-state index in [0.29, 0.717) is 31.1 Å². The lowest BCUT2D eigenvalue weighted by atomic mass is 9.77. The number of hydrogen-bond donors (Lipinski definition) is 0. The Morgan fingerprint density at radius 1 is 0.694 bits per heavy atom. The molecule has 2 aromatic carbocycles. The topological polar surface area (TPSA) is 18.5 Å². The van der Waals surface area contributed by atoms with Gasteiger partial charge in [-0.3, -0.25) is 0 Å². The zero-order valence-electron chi connectivity index (χ0n) is 22.2. The van der Waals surface area contributed by atoms with E-state index in [1.807, 2.05) is 6.92 Å². The highest BCUT2D eigenvalue weighted by atomic mass is 19.2. The Bertz CT molecular complexity index is 926. The molecule has 1 saturated carbocycles. The normalized spacial score (nSPS) is 24.7. The number of benzene rings is 2. The van der Waals surface area contributed by atoms with Crippen LogP contribution in [0.15, 0.2) is 36.4 Å². The first-order valence-electron chi connectivity index (χ1n) is 14.4. The van der Waals surface area contributed by atoms with Gasteiger partial charge in [-0.2, -0.15) is 0 Å². The molecule has 2 aliphatic rings. The summed E-state index contributed by atoms with van der Waals surface area (Å²) in [6.45, 7) is 5.19. The first-order chi connectivity index (χ1) is 17.6. The molecule has 4 heteroatoms. The van der Waals surface area contributed by atoms with Gasteiger partial charge in [-0.05, 0) is 67.1 Å². The molecule has 1 aliphatic heterocycles. The number of aryl methyl sites for hydroxylation is 1. The number of hydrogen-bond acceptors (Lipinski definition) is 2. The van der Waals surface area contributed by atoms with Crippen LogP contribution in [0, 0.1) is 17.6 Å². The van der Waals surface area contributed by atoms with Crippen LogP contribution in [0.25, 0.3) is 0 Å². The monoisotopic (exact) mass is 498 g/mol. The van der Waals surface area contributed by atoms with E-state index in [0.717, 1.165) is 18.8 Å². The summed E-state index contributed by atoms with van der Waals surface area (Å²) in [4.78, 5) is 0. The van der Waals surface area contributed by atoms with Crippen LogP contribution in [-0.2, 0) is 15.9 Å². The Morgan fingerprint density at radius 2 is 1.33 bits per heavy atom. The maximum absolute atomic E-state index is 14.7. The van der Waals surface area contributed by atoms with E-state index < -0.39 is 17.9 Å². The van der Waals surface area contributed by atoms with Crippen molar-refractivity contribution in [3.8, 4) is 0 Å². The third-order valence-electron chi connectivity index (χ3n) is 8.34. The van der Waals surface area contributed by atoms with Crippen molar-refractivity contribution in [2.75, 3.05) is 13.2 Å². The highest BCUT2D eigenvalue weighted by Gasteiger charge is 2.29. The lowest BCUT2D eigenvalue weighted by Crippen LogP contribution is -2.26. The highest BCUT2D eigenvalue weighted by Crippen LogP contribution is 2.39. The van der Waals surface area contributed by atoms with Crippen LogP contribution in [0.3, 0.4) is 0 Å². The van der Waals surface area contributed by atoms with E-state index >= 15 is 0 Å². The molecule has 1 saturated heterocycles. The molecule has 1 aliphatic carbocycles. The summed E-state index contributed by atoms with van der Waals surface area (Å²) in [7, 11) is 0. The predicted octanol–water partition coefficient (Wildman–Crippen LogP) is 9.38. The molecule has 0 aromatic heterocycles. The third kappa shape index (κ3) is 6.95. The zero-order valence-corrected chi connectivity index (χ0v) is 22.2. The molecule has 198 valence electrons. The molecule has 0 atom stereocenters. The van der Waals surface area contributed by atoms with Crippen molar-refractivity contribution in [1.29, 1.82) is 0 Å². The van der Waals surface area contributed by atoms with Crippen LogP contribution >= 0.6 is 0 Å². The van der Waals surface area contributed by atoms with E-state index in [1.54, 1.807) is 12.1 Å². The number of rotatable bonds is 11. The fourth-order valence-electron chi connectivity index (χ4n) is 5.91. The summed E-state index contributed by atoms with van der Waals surface area (Å²) in [5.74, 6) is 0.0921. The van der Waals surface area contributed by atoms with Crippen molar-refractivity contribution in [2.45, 2.75) is 109 Å². The van der Waals surface area contributed by atoms with Gasteiger partial charge in [0, 0.05) is 11.5 Å². The molecule has 2 aromatic rings. The second-order valence-electron chi connectivity index (χ2n) is 11.0. The van der Waals surface area contributed by atoms with Crippen molar-refractivity contribution in [1.82, 2.24) is 0 Å². The van der Waals surface area contributed by atoms with Crippen LogP contribution in [-0.4, -0.2) is 13.2 Å². The van der Waals surface area contributed by atoms with Gasteiger partial charge in [0.2, 0.25) is 0 Å². The Labute approximate surface area is 216 Å². The minimum absolute atomic E-state index is 0.103. The molecule has 0 amide bonds. The van der Waals surface area contributed by atoms with Gasteiger partial charge in [-0.1, -0.05) is 88.8 Å². The summed E-state index contributed by atoms with van der Waals surface area (Å²) in [5.41, 5.74) is 3.21. The number of unbranched alkanes of at least 4 members (excludes halogenated alkanes) is 4. The molecule has 0 radical (unpaired) electrons. The summed E-state index contributed by atoms with van der Waals surface area (Å²) in [5, 5.41) is 0. The van der Waals surface area contributed by atoms with E-state index in [-0.39, 0.29) is 11.5 Å². The van der Waals surface area contributed by atoms with E-state index in [9.17, 15) is 8.78 Å². The van der Waals surface area contributed by atoms with Gasteiger partial charge in [-0.15, -0.1) is 0 Å². The maximum atomic E-state index is 14.7. The molecule has 0 unspecified atom stereocenters. The van der Waals surface area contributed by atoms with Gasteiger partial charge in [0.15, 0.2) is 17.9 Å². The third-order valence-corrected chi connectivity index (χ3v) is 8.34. The number of halogens is 2. The van der Waals surface area contributed by atoms with Crippen LogP contribution in [0.2, 0.25) is 0 Å². The smallest absolute Gasteiger partial charge is 0.186 e. The largest absolute Gasteiger partial charge is 0.348 e. The first kappa shape index (κ1) is 27.3. The van der Waals surface area contributed by atoms with Gasteiger partial charge in [0.1, 0.15) is 0 Å². The van der Waals surface area contributed by atoms with E-state index in [1.165, 1.54) is 68.9 Å². The zero-order chi connectivity index (χ0) is 25.3. The highest BCUT2D eigenvalue weighted by molar-refractivity contribution is 5.30. The molecular weight excluding hydrogens is 454 g/mol. The van der Waals surface area contributed by atoms with E-state index in [4.69, 9.17) is 9.47 Å². The SMILES string of the molecule is CCCCCCC1CCC(c2ccc(C3COC(c4ccc(CCCC)c(F)c4F)OC3)cc2)CC1. The first-order valence-corrected chi connectivity index (χ1v) is 14.4. The molecular formula is C32H44F2O2. The average molecular weight is 499 g/mol. The molecule has 0 bridgehead atoms. The quantitative estimate of drug-likeness (QED) is 0.287. The van der Waals surface area contributed by atoms with Crippen molar-refractivity contribution >= 4 is 0 Å². The standard InChI is InChI=1S/C32H44F2O2/c1-3-5-7-8-9-23-11-13-24(14-12-23)25-15-17-26(18-16-25)28-21-35-32(36-22-28)29-20-19-27(10-6-4-2)30(33)31(29)34/h15-20,23-24,28,32H,3-14,21-22H2,1-2H3. The van der Waals surface area contributed by atoms with Crippen LogP contribution in [0.4, 0.5) is 8.78 Å². The van der Waals surface area contributed by atoms with Gasteiger partial charge < -0.3 is 9.47 Å². The summed E-state index contributed by atoms with van der Waals surface area (Å²) < 4.78 is 40.9. The van der Waals surface area contributed by atoms with Crippen LogP contribution in [0.5, 0.6) is 0 Å². The summed E-state index contributed by atoms with van der Waals surface area (Å²) >= 11 is 0. The predicted molar refractivity (Wildman–Crippen MR) is 142 cm³/mol. The second kappa shape index (κ2) is 13.7. The minimum Gasteiger partial charge on any atom is -0.348 e. The maximum Gasteiger partial charge on any atom is 0.186 e. The lowest BCUT2D eigenvalue weighted by Gasteiger charge is -2.31. The minimum atomic E-state index is -0.854. The Kier molecular flexibility index (Phi) is 10.4. The Hall–Kier alpha value is -1.78. The molecule has 0 spiro atoms. The van der Waals surface area contributed by atoms with Gasteiger partial charge in [0.25, 0.3) is 0 Å². The second-order valence-corrected chi connectivity index (χ2v) is 11.0. The molecule has 36 heavy (non-hydrogen) atoms. The van der Waals surface area contributed by atoms with Crippen molar-refractivity contribution in [3.63, 3.8) is 0 Å². The summed E-state index contributed by atoms with van der Waals surface area (Å²) in [6, 6.07) is 12.2. The molecule has 0 N–H and O–H groups in total. The molecule has 2 fully saturated rings. The lowest BCUT2D eigenvalue weighted by molar-refractivity contribution is -0.193. The van der Waals surface area contributed by atoms with Gasteiger partial charge >= 0.3 is 0 Å². The fraction of sp³-hybridized carbons (Fsp3) is 0.625. The van der Waals surface area contributed by atoms with Gasteiger partial charge in [-0.25, -0.2) is 8.78 Å². The summed E-state index contributed by atoms with van der Waals surface area (Å²) in [6.07, 6.45) is 13.7. The Balaban J connectivity index is 1.26. The molecule has 1 heterocycles. The van der Waals surface area contributed by atoms with Crippen molar-refractivity contribution < 1.29 is 18.3 Å². The van der Waals surface area contributed by atoms with E-state index in [2.05, 4.69) is 31.2 Å². The molecule has 4 rings (SSSR count). The number of ether oxygens (including phenoxy) is 2. The van der Waals surface area contributed by atoms with Crippen LogP contribution < -0.4 is 0 Å².